The van der Waals surface area contributed by atoms with Crippen LogP contribution in [0.5, 0.6) is 0 Å². The van der Waals surface area contributed by atoms with Gasteiger partial charge < -0.3 is 14.8 Å². The standard InChI is InChI=1S/C18H22ClN3O/c1-2-21-9-11-22(12-10-21)16-6-3-14(4-7-16)17-8-5-15(13-19)18(23)20-17/h3-8H,2,9-13H2,1H3,(H,20,23). The van der Waals surface area contributed by atoms with Crippen LogP contribution < -0.4 is 10.5 Å². The molecular weight excluding hydrogens is 310 g/mol. The summed E-state index contributed by atoms with van der Waals surface area (Å²) in [7, 11) is 0. The number of aromatic amines is 1. The van der Waals surface area contributed by atoms with Crippen LogP contribution in [0.4, 0.5) is 5.69 Å². The van der Waals surface area contributed by atoms with Crippen LogP contribution in [0.1, 0.15) is 12.5 Å². The molecule has 0 saturated carbocycles. The highest BCUT2D eigenvalue weighted by molar-refractivity contribution is 6.17. The molecule has 1 aliphatic rings. The van der Waals surface area contributed by atoms with Gasteiger partial charge in [0.05, 0.1) is 5.88 Å². The number of halogens is 1. The summed E-state index contributed by atoms with van der Waals surface area (Å²) in [5, 5.41) is 0. The van der Waals surface area contributed by atoms with E-state index in [-0.39, 0.29) is 11.4 Å². The zero-order valence-corrected chi connectivity index (χ0v) is 14.1. The van der Waals surface area contributed by atoms with Crippen molar-refractivity contribution in [2.45, 2.75) is 12.8 Å². The molecule has 0 unspecified atom stereocenters. The third kappa shape index (κ3) is 3.59. The lowest BCUT2D eigenvalue weighted by molar-refractivity contribution is 0.271. The van der Waals surface area contributed by atoms with Gasteiger partial charge in [-0.05, 0) is 30.3 Å². The van der Waals surface area contributed by atoms with E-state index in [4.69, 9.17) is 11.6 Å². The Hall–Kier alpha value is -1.78. The zero-order valence-electron chi connectivity index (χ0n) is 13.4. The lowest BCUT2D eigenvalue weighted by Gasteiger charge is -2.35. The van der Waals surface area contributed by atoms with E-state index in [2.05, 4.69) is 46.0 Å². The Bertz CT molecular complexity index is 703. The number of anilines is 1. The predicted octanol–water partition coefficient (Wildman–Crippen LogP) is 2.92. The summed E-state index contributed by atoms with van der Waals surface area (Å²) < 4.78 is 0. The topological polar surface area (TPSA) is 39.3 Å². The molecule has 23 heavy (non-hydrogen) atoms. The molecule has 1 saturated heterocycles. The first-order valence-corrected chi connectivity index (χ1v) is 8.60. The first-order valence-electron chi connectivity index (χ1n) is 8.07. The van der Waals surface area contributed by atoms with Gasteiger partial charge in [-0.25, -0.2) is 0 Å². The molecule has 0 aliphatic carbocycles. The minimum absolute atomic E-state index is 0.114. The van der Waals surface area contributed by atoms with Crippen LogP contribution in [0.25, 0.3) is 11.3 Å². The van der Waals surface area contributed by atoms with Gasteiger partial charge in [-0.3, -0.25) is 4.79 Å². The molecule has 2 aromatic rings. The van der Waals surface area contributed by atoms with E-state index in [1.54, 1.807) is 6.07 Å². The van der Waals surface area contributed by atoms with Gasteiger partial charge in [-0.15, -0.1) is 11.6 Å². The first kappa shape index (κ1) is 16.1. The molecule has 2 heterocycles. The minimum Gasteiger partial charge on any atom is -0.369 e. The number of nitrogens with one attached hydrogen (secondary N) is 1. The van der Waals surface area contributed by atoms with Crippen molar-refractivity contribution < 1.29 is 0 Å². The van der Waals surface area contributed by atoms with E-state index in [0.29, 0.717) is 5.56 Å². The molecule has 5 heteroatoms. The summed E-state index contributed by atoms with van der Waals surface area (Å²) in [6.07, 6.45) is 0. The minimum atomic E-state index is -0.114. The molecule has 1 aliphatic heterocycles. The third-order valence-electron chi connectivity index (χ3n) is 4.50. The number of hydrogen-bond donors (Lipinski definition) is 1. The molecule has 3 rings (SSSR count). The first-order chi connectivity index (χ1) is 11.2. The maximum absolute atomic E-state index is 11.9. The molecule has 0 amide bonds. The van der Waals surface area contributed by atoms with E-state index in [0.717, 1.165) is 44.0 Å². The summed E-state index contributed by atoms with van der Waals surface area (Å²) in [5.74, 6) is 0.234. The summed E-state index contributed by atoms with van der Waals surface area (Å²) in [4.78, 5) is 19.6. The van der Waals surface area contributed by atoms with Gasteiger partial charge in [0, 0.05) is 43.1 Å². The van der Waals surface area contributed by atoms with E-state index in [1.165, 1.54) is 5.69 Å². The molecule has 1 N–H and O–H groups in total. The van der Waals surface area contributed by atoms with E-state index in [1.807, 2.05) is 6.07 Å². The normalized spacial score (nSPS) is 15.8. The number of likely N-dealkylation sites (N-methyl/N-ethyl adjacent to an activating group) is 1. The zero-order chi connectivity index (χ0) is 16.2. The van der Waals surface area contributed by atoms with Crippen LogP contribution in [0.15, 0.2) is 41.2 Å². The van der Waals surface area contributed by atoms with Gasteiger partial charge in [-0.1, -0.05) is 25.1 Å². The second-order valence-corrected chi connectivity index (χ2v) is 6.10. The highest BCUT2D eigenvalue weighted by Gasteiger charge is 2.15. The maximum Gasteiger partial charge on any atom is 0.252 e. The molecule has 4 nitrogen and oxygen atoms in total. The van der Waals surface area contributed by atoms with E-state index >= 15 is 0 Å². The molecule has 0 bridgehead atoms. The van der Waals surface area contributed by atoms with Crippen LogP contribution in [-0.2, 0) is 5.88 Å². The molecule has 0 atom stereocenters. The van der Waals surface area contributed by atoms with Crippen molar-refractivity contribution in [1.29, 1.82) is 0 Å². The number of hydrogen-bond acceptors (Lipinski definition) is 3. The summed E-state index contributed by atoms with van der Waals surface area (Å²) >= 11 is 5.73. The monoisotopic (exact) mass is 331 g/mol. The summed E-state index contributed by atoms with van der Waals surface area (Å²) in [6, 6.07) is 12.1. The Kier molecular flexibility index (Phi) is 5.03. The number of aromatic nitrogens is 1. The Labute approximate surface area is 141 Å². The van der Waals surface area contributed by atoms with E-state index < -0.39 is 0 Å². The highest BCUT2D eigenvalue weighted by atomic mass is 35.5. The number of benzene rings is 1. The second kappa shape index (κ2) is 7.20. The van der Waals surface area contributed by atoms with Crippen LogP contribution in [0, 0.1) is 0 Å². The quantitative estimate of drug-likeness (QED) is 0.876. The van der Waals surface area contributed by atoms with E-state index in [9.17, 15) is 4.79 Å². The summed E-state index contributed by atoms with van der Waals surface area (Å²) in [6.45, 7) is 7.69. The number of H-pyrrole nitrogens is 1. The number of pyridine rings is 1. The van der Waals surface area contributed by atoms with Crippen molar-refractivity contribution in [2.75, 3.05) is 37.6 Å². The fourth-order valence-corrected chi connectivity index (χ4v) is 3.16. The van der Waals surface area contributed by atoms with Crippen LogP contribution >= 0.6 is 11.6 Å². The van der Waals surface area contributed by atoms with Gasteiger partial charge in [0.15, 0.2) is 0 Å². The number of piperazine rings is 1. The van der Waals surface area contributed by atoms with Crippen molar-refractivity contribution >= 4 is 17.3 Å². The average Bonchev–Trinajstić information content (AvgIpc) is 2.62. The van der Waals surface area contributed by atoms with Gasteiger partial charge >= 0.3 is 0 Å². The Balaban J connectivity index is 1.75. The Morgan fingerprint density at radius 3 is 2.30 bits per heavy atom. The molecular formula is C18H22ClN3O. The number of alkyl halides is 1. The molecule has 1 aromatic carbocycles. The van der Waals surface area contributed by atoms with Gasteiger partial charge in [0.1, 0.15) is 0 Å². The second-order valence-electron chi connectivity index (χ2n) is 5.83. The van der Waals surface area contributed by atoms with Crippen molar-refractivity contribution in [1.82, 2.24) is 9.88 Å². The van der Waals surface area contributed by atoms with Crippen molar-refractivity contribution in [3.05, 3.63) is 52.3 Å². The van der Waals surface area contributed by atoms with Gasteiger partial charge in [-0.2, -0.15) is 0 Å². The van der Waals surface area contributed by atoms with Crippen molar-refractivity contribution in [3.8, 4) is 11.3 Å². The largest absolute Gasteiger partial charge is 0.369 e. The molecule has 122 valence electrons. The fraction of sp³-hybridized carbons (Fsp3) is 0.389. The highest BCUT2D eigenvalue weighted by Crippen LogP contribution is 2.22. The number of rotatable bonds is 4. The van der Waals surface area contributed by atoms with Crippen LogP contribution in [-0.4, -0.2) is 42.6 Å². The molecule has 1 aromatic heterocycles. The smallest absolute Gasteiger partial charge is 0.252 e. The lowest BCUT2D eigenvalue weighted by Crippen LogP contribution is -2.46. The third-order valence-corrected chi connectivity index (χ3v) is 4.79. The van der Waals surface area contributed by atoms with Crippen molar-refractivity contribution in [3.63, 3.8) is 0 Å². The molecule has 0 radical (unpaired) electrons. The average molecular weight is 332 g/mol. The SMILES string of the molecule is CCN1CCN(c2ccc(-c3ccc(CCl)c(=O)[nH]3)cc2)CC1. The maximum atomic E-state index is 11.9. The van der Waals surface area contributed by atoms with Crippen molar-refractivity contribution in [2.24, 2.45) is 0 Å². The number of nitrogens with zero attached hydrogens (tertiary/aromatic N) is 2. The predicted molar refractivity (Wildman–Crippen MR) is 96.4 cm³/mol. The van der Waals surface area contributed by atoms with Gasteiger partial charge in [0.25, 0.3) is 5.56 Å². The molecule has 1 fully saturated rings. The Morgan fingerprint density at radius 1 is 1.04 bits per heavy atom. The van der Waals surface area contributed by atoms with Gasteiger partial charge in [0.2, 0.25) is 0 Å². The summed E-state index contributed by atoms with van der Waals surface area (Å²) in [5.41, 5.74) is 3.56. The fourth-order valence-electron chi connectivity index (χ4n) is 2.95. The van der Waals surface area contributed by atoms with Crippen LogP contribution in [0.3, 0.4) is 0 Å². The Morgan fingerprint density at radius 2 is 1.74 bits per heavy atom. The molecule has 0 spiro atoms. The van der Waals surface area contributed by atoms with Crippen LogP contribution in [0.2, 0.25) is 0 Å². The lowest BCUT2D eigenvalue weighted by atomic mass is 10.1.